The smallest absolute Gasteiger partial charge is 0.159 e. The van der Waals surface area contributed by atoms with Crippen LogP contribution in [0.1, 0.15) is 67.6 Å². The third-order valence-corrected chi connectivity index (χ3v) is 21.9. The summed E-state index contributed by atoms with van der Waals surface area (Å²) in [6.07, 6.45) is 8.13. The molecule has 10 heteroatoms. The van der Waals surface area contributed by atoms with E-state index in [4.69, 9.17) is 9.47 Å². The van der Waals surface area contributed by atoms with Gasteiger partial charge in [0.1, 0.15) is 35.0 Å². The molecule has 540 valence electrons. The minimum Gasteiger partial charge on any atom is -0.457 e. The van der Waals surface area contributed by atoms with Gasteiger partial charge in [-0.1, -0.05) is 219 Å². The Labute approximate surface area is 646 Å². The number of ether oxygens (including phenoxy) is 2. The van der Waals surface area contributed by atoms with E-state index in [1.165, 1.54) is 36.4 Å². The van der Waals surface area contributed by atoms with E-state index in [0.717, 1.165) is 134 Å². The lowest BCUT2D eigenvalue weighted by molar-refractivity contribution is 0.402. The highest BCUT2D eigenvalue weighted by atomic mass is 19.2. The summed E-state index contributed by atoms with van der Waals surface area (Å²) in [5.41, 5.74) is 19.9. The number of hydrogen-bond acceptors (Lipinski definition) is 4. The lowest BCUT2D eigenvalue weighted by atomic mass is 9.67. The first kappa shape index (κ1) is 69.8. The zero-order valence-corrected chi connectivity index (χ0v) is 60.4. The van der Waals surface area contributed by atoms with Gasteiger partial charge in [-0.3, -0.25) is 0 Å². The maximum atomic E-state index is 16.1. The second-order valence-corrected chi connectivity index (χ2v) is 28.2. The second-order valence-electron chi connectivity index (χ2n) is 28.2. The van der Waals surface area contributed by atoms with Crippen LogP contribution in [0.15, 0.2) is 371 Å². The SMILES string of the molecule is C=Cc1ccc(Oc2ccc(C3(c4ccc(F)c(F)c4)c4ccccc4-c4ccc(N(c5ccc(C6=CCC(F)C=C6)cc5)c5ccc(-c6ccc(N(c7ccc(-c8ccc(F)cc8)cc7)c7ccc8c(c7)C(c7ccc(Oc9ccc(C=C)cc9)cc7)(c7ccc(F)c(F)c7)c7ccccc7-8)cc6)cc5)cc43)cc2)cc1. The van der Waals surface area contributed by atoms with Gasteiger partial charge in [-0.05, 0) is 275 Å². The standard InChI is InChI=1S/C102H68F6N2O2/c1-3-65-13-49-85(50-14-65)111-87-53-29-73(30-54-87)101(75-33-59-97(105)99(107)61-75)93-11-7-5-9-89(93)91-57-47-83(63-95(91)101)109(79-39-21-69(22-40-79)67-17-35-77(103)36-18-67)81-43-25-71(26-44-81)72-27-45-82(46-28-72)110(80-41-23-70(24-42-80)68-19-37-78(104)38-20-68)84-48-58-92-90-10-6-8-12-94(90)102(96(92)64-84,76-34-60-98(106)100(108)62-76)74-31-55-88(56-32-74)112-86-51-15-66(4-2)16-52-86/h3-37,39-64,78H,1-2,38H2. The minimum absolute atomic E-state index is 0.286. The Kier molecular flexibility index (Phi) is 18.0. The molecule has 3 unspecified atom stereocenters. The van der Waals surface area contributed by atoms with Crippen LogP contribution in [0, 0.1) is 29.1 Å². The molecule has 0 saturated heterocycles. The van der Waals surface area contributed by atoms with E-state index in [1.807, 2.05) is 170 Å². The number of allylic oxidation sites excluding steroid dienone is 4. The van der Waals surface area contributed by atoms with Crippen molar-refractivity contribution >= 4 is 51.8 Å². The molecule has 3 aliphatic rings. The van der Waals surface area contributed by atoms with Gasteiger partial charge in [-0.15, -0.1) is 0 Å². The van der Waals surface area contributed by atoms with Gasteiger partial charge in [0.05, 0.1) is 10.8 Å². The van der Waals surface area contributed by atoms with Crippen molar-refractivity contribution in [2.24, 2.45) is 0 Å². The van der Waals surface area contributed by atoms with Gasteiger partial charge in [0.25, 0.3) is 0 Å². The zero-order valence-electron chi connectivity index (χ0n) is 60.4. The van der Waals surface area contributed by atoms with Gasteiger partial charge in [-0.2, -0.15) is 0 Å². The molecule has 0 aromatic heterocycles. The zero-order chi connectivity index (χ0) is 76.2. The van der Waals surface area contributed by atoms with Crippen molar-refractivity contribution in [2.75, 3.05) is 9.80 Å². The second kappa shape index (κ2) is 28.9. The fraction of sp³-hybridized carbons (Fsp3) is 0.0392. The fourth-order valence-electron chi connectivity index (χ4n) is 16.6. The average Bonchev–Trinajstić information content (AvgIpc) is 1.53. The Bertz CT molecular complexity index is 6180. The van der Waals surface area contributed by atoms with E-state index in [2.05, 4.69) is 144 Å². The summed E-state index contributed by atoms with van der Waals surface area (Å²) in [4.78, 5) is 4.37. The topological polar surface area (TPSA) is 24.9 Å². The molecular weight excluding hydrogens is 1400 g/mol. The van der Waals surface area contributed by atoms with Crippen molar-refractivity contribution in [3.8, 4) is 67.5 Å². The average molecular weight is 1470 g/mol. The number of alkyl halides is 1. The lowest BCUT2D eigenvalue weighted by Crippen LogP contribution is -2.29. The van der Waals surface area contributed by atoms with Crippen LogP contribution in [0.3, 0.4) is 0 Å². The number of anilines is 6. The molecule has 0 amide bonds. The monoisotopic (exact) mass is 1470 g/mol. The third kappa shape index (κ3) is 12.4. The van der Waals surface area contributed by atoms with Crippen LogP contribution < -0.4 is 19.3 Å². The third-order valence-electron chi connectivity index (χ3n) is 21.9. The highest BCUT2D eigenvalue weighted by molar-refractivity contribution is 5.93. The molecule has 18 rings (SSSR count). The van der Waals surface area contributed by atoms with Gasteiger partial charge in [0.15, 0.2) is 23.3 Å². The first-order chi connectivity index (χ1) is 54.8. The van der Waals surface area contributed by atoms with Crippen LogP contribution in [0.25, 0.3) is 62.2 Å². The number of benzene rings is 15. The summed E-state index contributed by atoms with van der Waals surface area (Å²) in [5, 5.41) is 0. The number of nitrogens with zero attached hydrogens (tertiary/aromatic N) is 2. The summed E-state index contributed by atoms with van der Waals surface area (Å²) < 4.78 is 104. The molecule has 0 bridgehead atoms. The van der Waals surface area contributed by atoms with Crippen molar-refractivity contribution in [3.05, 3.63) is 461 Å². The number of halogens is 6. The molecule has 0 radical (unpaired) electrons. The highest BCUT2D eigenvalue weighted by Crippen LogP contribution is 2.60. The molecule has 0 aliphatic heterocycles. The highest BCUT2D eigenvalue weighted by Gasteiger charge is 2.49. The first-order valence-electron chi connectivity index (χ1n) is 37.0. The Balaban J connectivity index is 0.741. The normalized spacial score (nSPS) is 15.6. The van der Waals surface area contributed by atoms with E-state index >= 15 is 17.6 Å². The van der Waals surface area contributed by atoms with Crippen molar-refractivity contribution in [1.82, 2.24) is 0 Å². The van der Waals surface area contributed by atoms with Crippen LogP contribution in [0.5, 0.6) is 23.0 Å². The molecule has 0 spiro atoms. The molecule has 0 heterocycles. The molecule has 0 N–H and O–H groups in total. The number of rotatable bonds is 19. The van der Waals surface area contributed by atoms with E-state index in [-0.39, 0.29) is 12.2 Å². The van der Waals surface area contributed by atoms with E-state index in [1.54, 1.807) is 42.5 Å². The van der Waals surface area contributed by atoms with Crippen LogP contribution in [-0.4, -0.2) is 6.17 Å². The molecule has 0 saturated carbocycles. The molecular formula is C102H68F6N2O2. The van der Waals surface area contributed by atoms with Gasteiger partial charge in [0.2, 0.25) is 0 Å². The summed E-state index contributed by atoms with van der Waals surface area (Å²) in [6, 6.07) is 108. The van der Waals surface area contributed by atoms with Crippen LogP contribution in [-0.2, 0) is 10.8 Å². The molecule has 4 nitrogen and oxygen atoms in total. The molecule has 112 heavy (non-hydrogen) atoms. The Morgan fingerprint density at radius 3 is 1.00 bits per heavy atom. The van der Waals surface area contributed by atoms with E-state index < -0.39 is 40.3 Å². The van der Waals surface area contributed by atoms with Crippen molar-refractivity contribution in [2.45, 2.75) is 23.4 Å². The van der Waals surface area contributed by atoms with Gasteiger partial charge < -0.3 is 19.3 Å². The van der Waals surface area contributed by atoms with Gasteiger partial charge >= 0.3 is 0 Å². The van der Waals surface area contributed by atoms with Gasteiger partial charge in [-0.25, -0.2) is 26.3 Å². The molecule has 15 aromatic carbocycles. The summed E-state index contributed by atoms with van der Waals surface area (Å²) in [7, 11) is 0. The number of fused-ring (bicyclic) bond motifs is 6. The maximum Gasteiger partial charge on any atom is 0.159 e. The molecule has 3 aliphatic carbocycles. The molecule has 15 aromatic rings. The predicted molar refractivity (Wildman–Crippen MR) is 441 cm³/mol. The van der Waals surface area contributed by atoms with Gasteiger partial charge in [0, 0.05) is 40.5 Å². The Morgan fingerprint density at radius 1 is 0.312 bits per heavy atom. The van der Waals surface area contributed by atoms with Crippen LogP contribution in [0.4, 0.5) is 60.5 Å². The Morgan fingerprint density at radius 2 is 0.643 bits per heavy atom. The van der Waals surface area contributed by atoms with Crippen molar-refractivity contribution < 1.29 is 35.8 Å². The maximum absolute atomic E-state index is 16.1. The molecule has 0 fully saturated rings. The Hall–Kier alpha value is -14.0. The minimum atomic E-state index is -1.16. The first-order valence-corrected chi connectivity index (χ1v) is 37.0. The fourth-order valence-corrected chi connectivity index (χ4v) is 16.6. The lowest BCUT2D eigenvalue weighted by Gasteiger charge is -2.35. The number of hydrogen-bond donors (Lipinski definition) is 0. The van der Waals surface area contributed by atoms with Crippen molar-refractivity contribution in [1.29, 1.82) is 0 Å². The predicted octanol–water partition coefficient (Wildman–Crippen LogP) is 27.9. The van der Waals surface area contributed by atoms with Crippen LogP contribution in [0.2, 0.25) is 0 Å². The molecule has 3 atom stereocenters. The largest absolute Gasteiger partial charge is 0.457 e. The summed E-state index contributed by atoms with van der Waals surface area (Å²) in [6.45, 7) is 7.77. The van der Waals surface area contributed by atoms with E-state index in [0.29, 0.717) is 34.1 Å². The summed E-state index contributed by atoms with van der Waals surface area (Å²) >= 11 is 0. The quantitative estimate of drug-likeness (QED) is 0.0754. The van der Waals surface area contributed by atoms with Crippen LogP contribution >= 0.6 is 0 Å². The van der Waals surface area contributed by atoms with Crippen molar-refractivity contribution in [3.63, 3.8) is 0 Å². The summed E-state index contributed by atoms with van der Waals surface area (Å²) in [5.74, 6) is -1.71. The van der Waals surface area contributed by atoms with E-state index in [9.17, 15) is 8.78 Å².